The van der Waals surface area contributed by atoms with Crippen molar-refractivity contribution >= 4 is 0 Å². The van der Waals surface area contributed by atoms with Crippen molar-refractivity contribution in [1.82, 2.24) is 15.5 Å². The number of aromatic nitrogens is 2. The average molecular weight is 291 g/mol. The lowest BCUT2D eigenvalue weighted by molar-refractivity contribution is 0.555. The van der Waals surface area contributed by atoms with Crippen molar-refractivity contribution in [3.05, 3.63) is 58.4 Å². The fourth-order valence-corrected chi connectivity index (χ4v) is 2.30. The fourth-order valence-electron chi connectivity index (χ4n) is 2.30. The smallest absolute Gasteiger partial charge is 0.126 e. The molecule has 0 fully saturated rings. The number of nitrogens with one attached hydrogen (secondary N) is 1. The number of aryl methyl sites for hydroxylation is 2. The van der Waals surface area contributed by atoms with Gasteiger partial charge in [0.25, 0.3) is 0 Å². The number of halogens is 2. The lowest BCUT2D eigenvalue weighted by atomic mass is 9.97. The second-order valence-electron chi connectivity index (χ2n) is 5.12. The first kappa shape index (κ1) is 15.5. The Morgan fingerprint density at radius 3 is 2.33 bits per heavy atom. The van der Waals surface area contributed by atoms with Gasteiger partial charge in [0.15, 0.2) is 0 Å². The highest BCUT2D eigenvalue weighted by molar-refractivity contribution is 5.34. The minimum Gasteiger partial charge on any atom is -0.306 e. The molecule has 1 aromatic heterocycles. The van der Waals surface area contributed by atoms with E-state index in [4.69, 9.17) is 0 Å². The first-order valence-corrected chi connectivity index (χ1v) is 7.01. The second kappa shape index (κ2) is 6.72. The number of benzene rings is 1. The van der Waals surface area contributed by atoms with Crippen molar-refractivity contribution in [2.75, 3.05) is 6.54 Å². The molecule has 0 saturated heterocycles. The van der Waals surface area contributed by atoms with Gasteiger partial charge in [-0.05, 0) is 56.1 Å². The average Bonchev–Trinajstić information content (AvgIpc) is 2.42. The molecule has 0 aliphatic carbocycles. The molecule has 3 nitrogen and oxygen atoms in total. The van der Waals surface area contributed by atoms with Crippen LogP contribution in [-0.2, 0) is 0 Å². The molecule has 0 bridgehead atoms. The monoisotopic (exact) mass is 291 g/mol. The van der Waals surface area contributed by atoms with E-state index in [1.165, 1.54) is 12.1 Å². The summed E-state index contributed by atoms with van der Waals surface area (Å²) in [7, 11) is 0. The number of hydrogen-bond donors (Lipinski definition) is 1. The second-order valence-corrected chi connectivity index (χ2v) is 5.12. The predicted molar refractivity (Wildman–Crippen MR) is 78.0 cm³/mol. The Morgan fingerprint density at radius 2 is 1.71 bits per heavy atom. The van der Waals surface area contributed by atoms with E-state index in [2.05, 4.69) is 15.5 Å². The third-order valence-corrected chi connectivity index (χ3v) is 3.27. The van der Waals surface area contributed by atoms with Crippen LogP contribution in [0.2, 0.25) is 0 Å². The maximum absolute atomic E-state index is 13.5. The van der Waals surface area contributed by atoms with Gasteiger partial charge in [-0.15, -0.1) is 0 Å². The molecule has 21 heavy (non-hydrogen) atoms. The van der Waals surface area contributed by atoms with Gasteiger partial charge >= 0.3 is 0 Å². The molecule has 5 heteroatoms. The Labute approximate surface area is 123 Å². The van der Waals surface area contributed by atoms with Crippen LogP contribution in [0.15, 0.2) is 24.3 Å². The Balaban J connectivity index is 2.49. The molecule has 1 N–H and O–H groups in total. The fraction of sp³-hybridized carbons (Fsp3) is 0.375. The van der Waals surface area contributed by atoms with Crippen molar-refractivity contribution in [1.29, 1.82) is 0 Å². The predicted octanol–water partition coefficient (Wildman–Crippen LogP) is 3.46. The van der Waals surface area contributed by atoms with Crippen molar-refractivity contribution in [2.24, 2.45) is 0 Å². The van der Waals surface area contributed by atoms with Gasteiger partial charge < -0.3 is 5.32 Å². The minimum atomic E-state index is -0.579. The normalized spacial score (nSPS) is 12.4. The third-order valence-electron chi connectivity index (χ3n) is 3.27. The van der Waals surface area contributed by atoms with Gasteiger partial charge in [0.05, 0.1) is 17.4 Å². The largest absolute Gasteiger partial charge is 0.306 e. The zero-order valence-corrected chi connectivity index (χ0v) is 12.5. The number of rotatable bonds is 5. The summed E-state index contributed by atoms with van der Waals surface area (Å²) in [5, 5.41) is 11.4. The van der Waals surface area contributed by atoms with E-state index in [9.17, 15) is 8.78 Å². The molecule has 0 radical (unpaired) electrons. The summed E-state index contributed by atoms with van der Waals surface area (Å²) in [5.74, 6) is -1.16. The summed E-state index contributed by atoms with van der Waals surface area (Å²) in [6.07, 6.45) is 0.921. The molecule has 0 spiro atoms. The topological polar surface area (TPSA) is 37.8 Å². The van der Waals surface area contributed by atoms with Crippen LogP contribution in [-0.4, -0.2) is 16.7 Å². The first-order chi connectivity index (χ1) is 10.0. The lowest BCUT2D eigenvalue weighted by Gasteiger charge is -2.21. The highest BCUT2D eigenvalue weighted by Crippen LogP contribution is 2.25. The van der Waals surface area contributed by atoms with Crippen molar-refractivity contribution in [3.63, 3.8) is 0 Å². The molecule has 1 unspecified atom stereocenters. The first-order valence-electron chi connectivity index (χ1n) is 7.01. The van der Waals surface area contributed by atoms with Crippen LogP contribution in [0.4, 0.5) is 8.78 Å². The van der Waals surface area contributed by atoms with Crippen LogP contribution in [0.1, 0.15) is 41.9 Å². The van der Waals surface area contributed by atoms with E-state index < -0.39 is 11.6 Å². The van der Waals surface area contributed by atoms with Gasteiger partial charge in [-0.25, -0.2) is 8.78 Å². The van der Waals surface area contributed by atoms with Gasteiger partial charge in [0.2, 0.25) is 0 Å². The molecule has 0 aliphatic heterocycles. The molecule has 112 valence electrons. The third kappa shape index (κ3) is 3.82. The standard InChI is InChI=1S/C16H19F2N3/c1-4-5-19-16(12-7-13(17)9-14(18)8-12)15-6-10(2)20-21-11(15)3/h6-9,16,19H,4-5H2,1-3H3. The van der Waals surface area contributed by atoms with E-state index in [1.807, 2.05) is 26.8 Å². The highest BCUT2D eigenvalue weighted by atomic mass is 19.1. The molecular formula is C16H19F2N3. The van der Waals surface area contributed by atoms with E-state index in [-0.39, 0.29) is 6.04 Å². The summed E-state index contributed by atoms with van der Waals surface area (Å²) in [5.41, 5.74) is 2.96. The number of nitrogens with zero attached hydrogens (tertiary/aromatic N) is 2. The van der Waals surface area contributed by atoms with Crippen LogP contribution < -0.4 is 5.32 Å². The van der Waals surface area contributed by atoms with E-state index in [0.29, 0.717) is 5.56 Å². The summed E-state index contributed by atoms with van der Waals surface area (Å²) in [6, 6.07) is 5.18. The molecule has 1 heterocycles. The van der Waals surface area contributed by atoms with E-state index >= 15 is 0 Å². The zero-order chi connectivity index (χ0) is 15.4. The molecule has 2 rings (SSSR count). The molecule has 0 saturated carbocycles. The summed E-state index contributed by atoms with van der Waals surface area (Å²) in [6.45, 7) is 6.47. The van der Waals surface area contributed by atoms with Crippen LogP contribution in [0.5, 0.6) is 0 Å². The zero-order valence-electron chi connectivity index (χ0n) is 12.5. The molecular weight excluding hydrogens is 272 g/mol. The SMILES string of the molecule is CCCNC(c1cc(F)cc(F)c1)c1cc(C)nnc1C. The van der Waals surface area contributed by atoms with Crippen molar-refractivity contribution in [2.45, 2.75) is 33.2 Å². The van der Waals surface area contributed by atoms with Crippen LogP contribution in [0.25, 0.3) is 0 Å². The quantitative estimate of drug-likeness (QED) is 0.916. The summed E-state index contributed by atoms with van der Waals surface area (Å²) < 4.78 is 27.0. The minimum absolute atomic E-state index is 0.302. The van der Waals surface area contributed by atoms with Crippen LogP contribution in [0.3, 0.4) is 0 Å². The van der Waals surface area contributed by atoms with Gasteiger partial charge in [-0.1, -0.05) is 6.92 Å². The number of hydrogen-bond acceptors (Lipinski definition) is 3. The lowest BCUT2D eigenvalue weighted by Crippen LogP contribution is -2.25. The van der Waals surface area contributed by atoms with Gasteiger partial charge in [-0.3, -0.25) is 0 Å². The van der Waals surface area contributed by atoms with Crippen LogP contribution in [0, 0.1) is 25.5 Å². The Kier molecular flexibility index (Phi) is 4.96. The molecule has 1 aromatic carbocycles. The summed E-state index contributed by atoms with van der Waals surface area (Å²) in [4.78, 5) is 0. The highest BCUT2D eigenvalue weighted by Gasteiger charge is 2.18. The Bertz CT molecular complexity index is 609. The molecule has 2 aromatic rings. The Hall–Kier alpha value is -1.88. The van der Waals surface area contributed by atoms with E-state index in [0.717, 1.165) is 36.0 Å². The molecule has 1 atom stereocenters. The molecule has 0 amide bonds. The van der Waals surface area contributed by atoms with Gasteiger partial charge in [0.1, 0.15) is 11.6 Å². The van der Waals surface area contributed by atoms with E-state index in [1.54, 1.807) is 0 Å². The van der Waals surface area contributed by atoms with Crippen molar-refractivity contribution < 1.29 is 8.78 Å². The molecule has 0 aliphatic rings. The van der Waals surface area contributed by atoms with Gasteiger partial charge in [-0.2, -0.15) is 10.2 Å². The van der Waals surface area contributed by atoms with Crippen molar-refractivity contribution in [3.8, 4) is 0 Å². The summed E-state index contributed by atoms with van der Waals surface area (Å²) >= 11 is 0. The van der Waals surface area contributed by atoms with Crippen LogP contribution >= 0.6 is 0 Å². The maximum atomic E-state index is 13.5. The van der Waals surface area contributed by atoms with Gasteiger partial charge in [0, 0.05) is 6.07 Å². The Morgan fingerprint density at radius 1 is 1.05 bits per heavy atom. The maximum Gasteiger partial charge on any atom is 0.126 e.